The molecule has 0 spiro atoms. The first-order valence-corrected chi connectivity index (χ1v) is 8.35. The van der Waals surface area contributed by atoms with Crippen molar-refractivity contribution < 1.29 is 4.74 Å². The maximum Gasteiger partial charge on any atom is 0.330 e. The number of aryl methyl sites for hydroxylation is 1. The monoisotopic (exact) mass is 336 g/mol. The topological polar surface area (TPSA) is 69.4 Å². The number of hydrogen-bond acceptors (Lipinski definition) is 6. The lowest BCUT2D eigenvalue weighted by Crippen LogP contribution is -2.42. The minimum atomic E-state index is -0.298. The van der Waals surface area contributed by atoms with Crippen molar-refractivity contribution in [2.75, 3.05) is 19.7 Å². The summed E-state index contributed by atoms with van der Waals surface area (Å²) in [7, 11) is 3.18. The van der Waals surface area contributed by atoms with Crippen molar-refractivity contribution in [1.82, 2.24) is 19.0 Å². The summed E-state index contributed by atoms with van der Waals surface area (Å²) >= 11 is 1.60. The van der Waals surface area contributed by atoms with Gasteiger partial charge in [-0.2, -0.15) is 0 Å². The summed E-state index contributed by atoms with van der Waals surface area (Å²) < 4.78 is 8.46. The van der Waals surface area contributed by atoms with Crippen LogP contribution in [0.15, 0.2) is 21.0 Å². The molecule has 0 saturated carbocycles. The van der Waals surface area contributed by atoms with E-state index in [0.29, 0.717) is 25.4 Å². The van der Waals surface area contributed by atoms with Crippen LogP contribution in [0.25, 0.3) is 0 Å². The Morgan fingerprint density at radius 1 is 1.35 bits per heavy atom. The van der Waals surface area contributed by atoms with E-state index in [-0.39, 0.29) is 17.4 Å². The molecule has 0 bridgehead atoms. The number of aromatic nitrogens is 3. The Balaban J connectivity index is 1.78. The van der Waals surface area contributed by atoms with Gasteiger partial charge in [0.25, 0.3) is 5.56 Å². The largest absolute Gasteiger partial charge is 0.368 e. The van der Waals surface area contributed by atoms with E-state index in [1.165, 1.54) is 17.7 Å². The van der Waals surface area contributed by atoms with Gasteiger partial charge in [0.2, 0.25) is 0 Å². The van der Waals surface area contributed by atoms with Crippen molar-refractivity contribution in [2.45, 2.75) is 19.6 Å². The first-order chi connectivity index (χ1) is 11.0. The summed E-state index contributed by atoms with van der Waals surface area (Å²) in [6, 6.07) is 1.53. The van der Waals surface area contributed by atoms with E-state index in [1.807, 2.05) is 12.3 Å². The Morgan fingerprint density at radius 3 is 2.83 bits per heavy atom. The van der Waals surface area contributed by atoms with Crippen LogP contribution in [0.4, 0.5) is 0 Å². The fraction of sp³-hybridized carbons (Fsp3) is 0.533. The van der Waals surface area contributed by atoms with Crippen molar-refractivity contribution >= 4 is 11.3 Å². The Labute approximate surface area is 137 Å². The van der Waals surface area contributed by atoms with Crippen LogP contribution in [0.2, 0.25) is 0 Å². The van der Waals surface area contributed by atoms with Gasteiger partial charge in [0.1, 0.15) is 11.1 Å². The SMILES string of the molecule is Cc1csc(C2CN(Cc3cc(=O)n(C)c(=O)n3C)CCO2)n1. The molecule has 0 aromatic carbocycles. The van der Waals surface area contributed by atoms with Gasteiger partial charge < -0.3 is 4.74 Å². The van der Waals surface area contributed by atoms with Gasteiger partial charge in [0.05, 0.1) is 6.61 Å². The lowest BCUT2D eigenvalue weighted by atomic mass is 10.2. The Bertz CT molecular complexity index is 823. The van der Waals surface area contributed by atoms with Gasteiger partial charge in [-0.15, -0.1) is 11.3 Å². The molecule has 3 rings (SSSR count). The molecule has 1 unspecified atom stereocenters. The summed E-state index contributed by atoms with van der Waals surface area (Å²) in [4.78, 5) is 30.5. The molecule has 2 aromatic heterocycles. The molecule has 1 fully saturated rings. The highest BCUT2D eigenvalue weighted by Gasteiger charge is 2.25. The molecule has 0 radical (unpaired) electrons. The van der Waals surface area contributed by atoms with Crippen LogP contribution in [-0.2, 0) is 25.4 Å². The fourth-order valence-corrected chi connectivity index (χ4v) is 3.51. The average Bonchev–Trinajstić information content (AvgIpc) is 2.97. The Morgan fingerprint density at radius 2 is 2.13 bits per heavy atom. The maximum atomic E-state index is 12.0. The van der Waals surface area contributed by atoms with Gasteiger partial charge in [-0.1, -0.05) is 0 Å². The lowest BCUT2D eigenvalue weighted by molar-refractivity contribution is -0.0337. The van der Waals surface area contributed by atoms with Crippen LogP contribution in [0.1, 0.15) is 22.5 Å². The van der Waals surface area contributed by atoms with Crippen LogP contribution >= 0.6 is 11.3 Å². The fourth-order valence-electron chi connectivity index (χ4n) is 2.67. The van der Waals surface area contributed by atoms with E-state index in [0.717, 1.165) is 21.8 Å². The maximum absolute atomic E-state index is 12.0. The third-order valence-corrected chi connectivity index (χ3v) is 5.13. The Hall–Kier alpha value is -1.77. The molecule has 3 heterocycles. The number of hydrogen-bond donors (Lipinski definition) is 0. The van der Waals surface area contributed by atoms with Crippen molar-refractivity contribution in [3.05, 3.63) is 48.7 Å². The van der Waals surface area contributed by atoms with E-state index in [2.05, 4.69) is 9.88 Å². The molecule has 1 saturated heterocycles. The van der Waals surface area contributed by atoms with Crippen molar-refractivity contribution in [2.24, 2.45) is 14.1 Å². The predicted octanol–water partition coefficient (Wildman–Crippen LogP) is 0.422. The molecule has 0 N–H and O–H groups in total. The summed E-state index contributed by atoms with van der Waals surface area (Å²) in [6.45, 7) is 4.60. The molecular formula is C15H20N4O3S. The molecular weight excluding hydrogens is 316 g/mol. The molecule has 1 atom stereocenters. The van der Waals surface area contributed by atoms with E-state index in [9.17, 15) is 9.59 Å². The number of thiazole rings is 1. The third-order valence-electron chi connectivity index (χ3n) is 4.07. The van der Waals surface area contributed by atoms with Gasteiger partial charge in [-0.3, -0.25) is 18.8 Å². The first-order valence-electron chi connectivity index (χ1n) is 7.47. The zero-order chi connectivity index (χ0) is 16.6. The van der Waals surface area contributed by atoms with Crippen LogP contribution in [-0.4, -0.2) is 38.7 Å². The molecule has 0 aliphatic carbocycles. The predicted molar refractivity (Wildman–Crippen MR) is 87.7 cm³/mol. The zero-order valence-corrected chi connectivity index (χ0v) is 14.3. The van der Waals surface area contributed by atoms with E-state index < -0.39 is 0 Å². The van der Waals surface area contributed by atoms with Crippen molar-refractivity contribution in [3.8, 4) is 0 Å². The minimum absolute atomic E-state index is 0.0500. The van der Waals surface area contributed by atoms with Crippen molar-refractivity contribution in [3.63, 3.8) is 0 Å². The second-order valence-corrected chi connectivity index (χ2v) is 6.69. The average molecular weight is 336 g/mol. The molecule has 1 aliphatic heterocycles. The first kappa shape index (κ1) is 16.1. The number of nitrogens with zero attached hydrogens (tertiary/aromatic N) is 4. The van der Waals surface area contributed by atoms with E-state index in [4.69, 9.17) is 4.74 Å². The summed E-state index contributed by atoms with van der Waals surface area (Å²) in [6.07, 6.45) is -0.0500. The number of rotatable bonds is 3. The van der Waals surface area contributed by atoms with Gasteiger partial charge in [-0.05, 0) is 6.92 Å². The molecule has 0 amide bonds. The second-order valence-electron chi connectivity index (χ2n) is 5.80. The Kier molecular flexibility index (Phi) is 4.47. The van der Waals surface area contributed by atoms with E-state index in [1.54, 1.807) is 18.4 Å². The summed E-state index contributed by atoms with van der Waals surface area (Å²) in [5.74, 6) is 0. The molecule has 2 aromatic rings. The standard InChI is InChI=1S/C15H20N4O3S/c1-10-9-23-14(16-10)12-8-19(4-5-22-12)7-11-6-13(20)18(3)15(21)17(11)2/h6,9,12H,4-5,7-8H2,1-3H3. The molecule has 1 aliphatic rings. The van der Waals surface area contributed by atoms with Gasteiger partial charge in [0, 0.05) is 56.6 Å². The van der Waals surface area contributed by atoms with Crippen LogP contribution in [0, 0.1) is 6.92 Å². The zero-order valence-electron chi connectivity index (χ0n) is 13.5. The highest BCUT2D eigenvalue weighted by molar-refractivity contribution is 7.09. The van der Waals surface area contributed by atoms with Crippen LogP contribution in [0.3, 0.4) is 0 Å². The second kappa shape index (κ2) is 6.38. The lowest BCUT2D eigenvalue weighted by Gasteiger charge is -2.32. The van der Waals surface area contributed by atoms with Crippen molar-refractivity contribution in [1.29, 1.82) is 0 Å². The van der Waals surface area contributed by atoms with Gasteiger partial charge in [-0.25, -0.2) is 9.78 Å². The minimum Gasteiger partial charge on any atom is -0.368 e. The summed E-state index contributed by atoms with van der Waals surface area (Å²) in [5, 5.41) is 2.99. The number of ether oxygens (including phenoxy) is 1. The summed E-state index contributed by atoms with van der Waals surface area (Å²) in [5.41, 5.74) is 1.14. The van der Waals surface area contributed by atoms with Gasteiger partial charge >= 0.3 is 5.69 Å². The molecule has 8 heteroatoms. The molecule has 23 heavy (non-hydrogen) atoms. The van der Waals surface area contributed by atoms with Crippen LogP contribution in [0.5, 0.6) is 0 Å². The highest BCUT2D eigenvalue weighted by atomic mass is 32.1. The van der Waals surface area contributed by atoms with Gasteiger partial charge in [0.15, 0.2) is 0 Å². The normalized spacial score (nSPS) is 19.2. The highest BCUT2D eigenvalue weighted by Crippen LogP contribution is 2.25. The molecule has 124 valence electrons. The van der Waals surface area contributed by atoms with E-state index >= 15 is 0 Å². The molecule has 7 nitrogen and oxygen atoms in total. The quantitative estimate of drug-likeness (QED) is 0.813. The third kappa shape index (κ3) is 3.29. The van der Waals surface area contributed by atoms with Crippen LogP contribution < -0.4 is 11.2 Å². The smallest absolute Gasteiger partial charge is 0.330 e. The number of morpholine rings is 1.